The first-order chi connectivity index (χ1) is 15.3. The van der Waals surface area contributed by atoms with Crippen molar-refractivity contribution in [3.05, 3.63) is 29.6 Å². The summed E-state index contributed by atoms with van der Waals surface area (Å²) in [6.45, 7) is 8.10. The van der Waals surface area contributed by atoms with Crippen LogP contribution in [0.3, 0.4) is 0 Å². The third-order valence-corrected chi connectivity index (χ3v) is 6.82. The predicted octanol–water partition coefficient (Wildman–Crippen LogP) is 9.53. The first-order valence-electron chi connectivity index (χ1n) is 14.3. The summed E-state index contributed by atoms with van der Waals surface area (Å²) in [5, 5.41) is 0. The van der Waals surface area contributed by atoms with Crippen molar-refractivity contribution < 1.29 is 4.57 Å². The van der Waals surface area contributed by atoms with Gasteiger partial charge < -0.3 is 0 Å². The minimum absolute atomic E-state index is 1.19. The molecule has 0 bridgehead atoms. The summed E-state index contributed by atoms with van der Waals surface area (Å²) in [5.74, 6) is 0. The molecule has 0 N–H and O–H groups in total. The highest BCUT2D eigenvalue weighted by Gasteiger charge is 2.10. The molecule has 1 rings (SSSR count). The second-order valence-electron chi connectivity index (χ2n) is 9.89. The van der Waals surface area contributed by atoms with Gasteiger partial charge in [0.1, 0.15) is 6.54 Å². The van der Waals surface area contributed by atoms with E-state index in [2.05, 4.69) is 43.8 Å². The smallest absolute Gasteiger partial charge is 0.172 e. The monoisotopic (exact) mass is 430 g/mol. The average Bonchev–Trinajstić information content (AvgIpc) is 2.78. The number of hydrogen-bond donors (Lipinski definition) is 0. The summed E-state index contributed by atoms with van der Waals surface area (Å²) in [5.41, 5.74) is 3.29. The standard InChI is InChI=1S/C30H56N/c1-4-7-10-12-14-16-18-20-23-29-25-27-31(26-22-9-6-3)28-30(29)24-21-19-17-15-13-11-8-5-2/h25,27-28H,4-24,26H2,1-3H3/q+1. The molecule has 0 radical (unpaired) electrons. The number of aromatic nitrogens is 1. The van der Waals surface area contributed by atoms with Gasteiger partial charge in [-0.3, -0.25) is 0 Å². The zero-order chi connectivity index (χ0) is 22.4. The number of pyridine rings is 1. The van der Waals surface area contributed by atoms with Gasteiger partial charge in [0.2, 0.25) is 0 Å². The first kappa shape index (κ1) is 28.2. The van der Waals surface area contributed by atoms with Gasteiger partial charge in [-0.15, -0.1) is 0 Å². The predicted molar refractivity (Wildman–Crippen MR) is 139 cm³/mol. The zero-order valence-corrected chi connectivity index (χ0v) is 21.7. The SMILES string of the molecule is CCCCCCCCCCc1cc[n+](CCCCC)cc1CCCCCCCCCC. The fourth-order valence-electron chi connectivity index (χ4n) is 4.67. The highest BCUT2D eigenvalue weighted by atomic mass is 14.9. The lowest BCUT2D eigenvalue weighted by Crippen LogP contribution is -2.33. The lowest BCUT2D eigenvalue weighted by Gasteiger charge is -2.09. The van der Waals surface area contributed by atoms with Crippen LogP contribution in [0, 0.1) is 0 Å². The number of aryl methyl sites for hydroxylation is 3. The molecule has 0 amide bonds. The molecule has 0 aliphatic heterocycles. The first-order valence-corrected chi connectivity index (χ1v) is 14.3. The maximum absolute atomic E-state index is 2.50. The van der Waals surface area contributed by atoms with E-state index in [1.165, 1.54) is 141 Å². The van der Waals surface area contributed by atoms with Gasteiger partial charge in [-0.25, -0.2) is 4.57 Å². The average molecular weight is 431 g/mol. The molecule has 0 aliphatic carbocycles. The Morgan fingerprint density at radius 3 is 1.42 bits per heavy atom. The van der Waals surface area contributed by atoms with Gasteiger partial charge in [-0.2, -0.15) is 0 Å². The molecule has 180 valence electrons. The van der Waals surface area contributed by atoms with Crippen molar-refractivity contribution in [2.75, 3.05) is 0 Å². The Balaban J connectivity index is 2.40. The lowest BCUT2D eigenvalue weighted by atomic mass is 9.97. The molecule has 1 aromatic heterocycles. The molecule has 0 atom stereocenters. The second-order valence-corrected chi connectivity index (χ2v) is 9.89. The number of rotatable bonds is 22. The highest BCUT2D eigenvalue weighted by molar-refractivity contribution is 5.21. The van der Waals surface area contributed by atoms with E-state index in [9.17, 15) is 0 Å². The topological polar surface area (TPSA) is 3.88 Å². The van der Waals surface area contributed by atoms with E-state index in [0.717, 1.165) is 0 Å². The van der Waals surface area contributed by atoms with Crippen LogP contribution in [0.15, 0.2) is 18.5 Å². The van der Waals surface area contributed by atoms with Crippen molar-refractivity contribution in [3.8, 4) is 0 Å². The van der Waals surface area contributed by atoms with Crippen LogP contribution in [0.5, 0.6) is 0 Å². The van der Waals surface area contributed by atoms with Crippen molar-refractivity contribution in [1.29, 1.82) is 0 Å². The van der Waals surface area contributed by atoms with Crippen molar-refractivity contribution in [1.82, 2.24) is 0 Å². The number of unbranched alkanes of at least 4 members (excludes halogenated alkanes) is 16. The molecular formula is C30H56N+. The maximum atomic E-state index is 2.50. The van der Waals surface area contributed by atoms with Gasteiger partial charge in [0.15, 0.2) is 12.4 Å². The fraction of sp³-hybridized carbons (Fsp3) is 0.833. The summed E-state index contributed by atoms with van der Waals surface area (Å²) in [6, 6.07) is 2.45. The van der Waals surface area contributed by atoms with Gasteiger partial charge in [0, 0.05) is 18.1 Å². The van der Waals surface area contributed by atoms with Crippen LogP contribution in [-0.4, -0.2) is 0 Å². The van der Waals surface area contributed by atoms with E-state index < -0.39 is 0 Å². The van der Waals surface area contributed by atoms with Gasteiger partial charge in [0.05, 0.1) is 0 Å². The minimum Gasteiger partial charge on any atom is -0.205 e. The lowest BCUT2D eigenvalue weighted by molar-refractivity contribution is -0.697. The molecule has 0 fully saturated rings. The van der Waals surface area contributed by atoms with Crippen LogP contribution in [-0.2, 0) is 19.4 Å². The molecular weight excluding hydrogens is 374 g/mol. The van der Waals surface area contributed by atoms with E-state index in [1.54, 1.807) is 11.1 Å². The molecule has 1 heteroatoms. The molecule has 1 heterocycles. The van der Waals surface area contributed by atoms with Crippen LogP contribution in [0.4, 0.5) is 0 Å². The van der Waals surface area contributed by atoms with Crippen LogP contribution in [0.1, 0.15) is 154 Å². The number of hydrogen-bond acceptors (Lipinski definition) is 0. The van der Waals surface area contributed by atoms with Crippen LogP contribution < -0.4 is 4.57 Å². The largest absolute Gasteiger partial charge is 0.205 e. The van der Waals surface area contributed by atoms with Crippen molar-refractivity contribution in [2.24, 2.45) is 0 Å². The van der Waals surface area contributed by atoms with Crippen molar-refractivity contribution in [3.63, 3.8) is 0 Å². The summed E-state index contributed by atoms with van der Waals surface area (Å²) >= 11 is 0. The van der Waals surface area contributed by atoms with E-state index >= 15 is 0 Å². The Morgan fingerprint density at radius 1 is 0.484 bits per heavy atom. The van der Waals surface area contributed by atoms with Crippen molar-refractivity contribution >= 4 is 0 Å². The van der Waals surface area contributed by atoms with Gasteiger partial charge in [-0.05, 0) is 37.7 Å². The van der Waals surface area contributed by atoms with E-state index in [1.807, 2.05) is 0 Å². The normalized spacial score (nSPS) is 11.3. The van der Waals surface area contributed by atoms with E-state index in [4.69, 9.17) is 0 Å². The fourth-order valence-corrected chi connectivity index (χ4v) is 4.67. The van der Waals surface area contributed by atoms with Gasteiger partial charge in [0.25, 0.3) is 0 Å². The Kier molecular flexibility index (Phi) is 19.1. The summed E-state index contributed by atoms with van der Waals surface area (Å²) in [4.78, 5) is 0. The van der Waals surface area contributed by atoms with Gasteiger partial charge >= 0.3 is 0 Å². The molecule has 1 nitrogen and oxygen atoms in total. The summed E-state index contributed by atoms with van der Waals surface area (Å²) < 4.78 is 2.47. The minimum atomic E-state index is 1.19. The molecule has 31 heavy (non-hydrogen) atoms. The maximum Gasteiger partial charge on any atom is 0.172 e. The molecule has 0 spiro atoms. The van der Waals surface area contributed by atoms with Crippen molar-refractivity contribution in [2.45, 2.75) is 162 Å². The Hall–Kier alpha value is -0.850. The third kappa shape index (κ3) is 15.6. The third-order valence-electron chi connectivity index (χ3n) is 6.82. The molecule has 1 aromatic rings. The molecule has 0 aromatic carbocycles. The van der Waals surface area contributed by atoms with E-state index in [-0.39, 0.29) is 0 Å². The summed E-state index contributed by atoms with van der Waals surface area (Å²) in [7, 11) is 0. The second kappa shape index (κ2) is 21.0. The van der Waals surface area contributed by atoms with E-state index in [0.29, 0.717) is 0 Å². The number of nitrogens with zero attached hydrogens (tertiary/aromatic N) is 1. The highest BCUT2D eigenvalue weighted by Crippen LogP contribution is 2.17. The van der Waals surface area contributed by atoms with Crippen LogP contribution >= 0.6 is 0 Å². The molecule has 0 unspecified atom stereocenters. The Bertz CT molecular complexity index is 507. The summed E-state index contributed by atoms with van der Waals surface area (Å²) in [6.07, 6.45) is 34.0. The van der Waals surface area contributed by atoms with Crippen LogP contribution in [0.2, 0.25) is 0 Å². The Labute approximate surface area is 196 Å². The van der Waals surface area contributed by atoms with Crippen LogP contribution in [0.25, 0.3) is 0 Å². The molecule has 0 aliphatic rings. The molecule has 0 saturated heterocycles. The molecule has 0 saturated carbocycles. The zero-order valence-electron chi connectivity index (χ0n) is 21.7. The van der Waals surface area contributed by atoms with Gasteiger partial charge in [-0.1, -0.05) is 117 Å². The Morgan fingerprint density at radius 2 is 0.903 bits per heavy atom. The quantitative estimate of drug-likeness (QED) is 0.127.